The van der Waals surface area contributed by atoms with Gasteiger partial charge in [-0.25, -0.2) is 4.98 Å². The van der Waals surface area contributed by atoms with E-state index in [4.69, 9.17) is 0 Å². The number of amides is 1. The number of nitrogens with one attached hydrogen (secondary N) is 3. The highest BCUT2D eigenvalue weighted by molar-refractivity contribution is 14.0. The first-order valence-electron chi connectivity index (χ1n) is 9.96. The number of aliphatic imine (C=N–C) groups is 1. The van der Waals surface area contributed by atoms with E-state index < -0.39 is 0 Å². The van der Waals surface area contributed by atoms with Gasteiger partial charge in [-0.2, -0.15) is 0 Å². The average Bonchev–Trinajstić information content (AvgIpc) is 3.10. The van der Waals surface area contributed by atoms with E-state index in [1.807, 2.05) is 13.1 Å². The van der Waals surface area contributed by atoms with Gasteiger partial charge in [0.15, 0.2) is 5.96 Å². The number of carbonyl (C=O) groups is 1. The minimum atomic E-state index is 0. The summed E-state index contributed by atoms with van der Waals surface area (Å²) in [5.74, 6) is 0.903. The smallest absolute Gasteiger partial charge is 0.221 e. The molecule has 6 nitrogen and oxygen atoms in total. The lowest BCUT2D eigenvalue weighted by molar-refractivity contribution is -0.121. The number of hydrogen-bond donors (Lipinski definition) is 3. The number of rotatable bonds is 9. The number of halogens is 1. The van der Waals surface area contributed by atoms with Crippen molar-refractivity contribution in [3.05, 3.63) is 16.1 Å². The van der Waals surface area contributed by atoms with Gasteiger partial charge in [0.25, 0.3) is 0 Å². The van der Waals surface area contributed by atoms with Crippen LogP contribution >= 0.6 is 35.3 Å². The van der Waals surface area contributed by atoms with Crippen LogP contribution in [0.15, 0.2) is 11.2 Å². The van der Waals surface area contributed by atoms with Crippen LogP contribution in [0.2, 0.25) is 0 Å². The maximum Gasteiger partial charge on any atom is 0.221 e. The van der Waals surface area contributed by atoms with Crippen molar-refractivity contribution in [2.45, 2.75) is 71.3 Å². The van der Waals surface area contributed by atoms with Crippen molar-refractivity contribution in [2.24, 2.45) is 4.99 Å². The third-order valence-electron chi connectivity index (χ3n) is 4.50. The molecular weight excluding hydrogens is 473 g/mol. The van der Waals surface area contributed by atoms with Crippen molar-refractivity contribution < 1.29 is 4.79 Å². The Bertz CT molecular complexity index is 572. The zero-order chi connectivity index (χ0) is 18.6. The standard InChI is InChI=1S/C19H33N5OS.HI/c1-3-16-14-23-18(26-16)11-13-22-19(20-4-2)21-12-10-17(25)24-15-8-6-5-7-9-15;/h14-15H,3-13H2,1-2H3,(H,24,25)(H2,20,21,22);1H. The van der Waals surface area contributed by atoms with Crippen LogP contribution in [-0.4, -0.2) is 42.5 Å². The fourth-order valence-corrected chi connectivity index (χ4v) is 3.92. The van der Waals surface area contributed by atoms with Gasteiger partial charge in [-0.05, 0) is 26.2 Å². The highest BCUT2D eigenvalue weighted by Crippen LogP contribution is 2.17. The molecule has 0 saturated heterocycles. The molecule has 0 spiro atoms. The highest BCUT2D eigenvalue weighted by atomic mass is 127. The number of thiazole rings is 1. The molecule has 0 aromatic carbocycles. The fourth-order valence-electron chi connectivity index (χ4n) is 3.07. The zero-order valence-corrected chi connectivity index (χ0v) is 19.7. The Morgan fingerprint density at radius 1 is 1.26 bits per heavy atom. The van der Waals surface area contributed by atoms with Crippen molar-refractivity contribution >= 4 is 47.2 Å². The van der Waals surface area contributed by atoms with Crippen LogP contribution in [-0.2, 0) is 17.6 Å². The summed E-state index contributed by atoms with van der Waals surface area (Å²) < 4.78 is 0. The zero-order valence-electron chi connectivity index (χ0n) is 16.6. The lowest BCUT2D eigenvalue weighted by Gasteiger charge is -2.22. The van der Waals surface area contributed by atoms with Gasteiger partial charge >= 0.3 is 0 Å². The first-order valence-corrected chi connectivity index (χ1v) is 10.8. The van der Waals surface area contributed by atoms with Gasteiger partial charge in [0.05, 0.1) is 5.01 Å². The third kappa shape index (κ3) is 9.73. The lowest BCUT2D eigenvalue weighted by Crippen LogP contribution is -2.41. The Hall–Kier alpha value is -0.900. The molecule has 1 aliphatic rings. The van der Waals surface area contributed by atoms with Gasteiger partial charge in [0.2, 0.25) is 5.91 Å². The van der Waals surface area contributed by atoms with Crippen LogP contribution < -0.4 is 16.0 Å². The minimum Gasteiger partial charge on any atom is -0.357 e. The van der Waals surface area contributed by atoms with E-state index in [0.29, 0.717) is 25.6 Å². The normalized spacial score (nSPS) is 15.1. The molecule has 1 fully saturated rings. The summed E-state index contributed by atoms with van der Waals surface area (Å²) in [4.78, 5) is 22.4. The molecule has 3 N–H and O–H groups in total. The molecule has 0 unspecified atom stereocenters. The van der Waals surface area contributed by atoms with Gasteiger partial charge in [0, 0.05) is 49.6 Å². The summed E-state index contributed by atoms with van der Waals surface area (Å²) in [6, 6.07) is 0.379. The summed E-state index contributed by atoms with van der Waals surface area (Å²) in [6.07, 6.45) is 10.3. The highest BCUT2D eigenvalue weighted by Gasteiger charge is 2.15. The number of nitrogens with zero attached hydrogens (tertiary/aromatic N) is 2. The van der Waals surface area contributed by atoms with E-state index in [0.717, 1.165) is 43.2 Å². The first-order chi connectivity index (χ1) is 12.7. The van der Waals surface area contributed by atoms with Crippen LogP contribution in [0.1, 0.15) is 62.3 Å². The second-order valence-electron chi connectivity index (χ2n) is 6.66. The number of aromatic nitrogens is 1. The Labute approximate surface area is 184 Å². The van der Waals surface area contributed by atoms with Crippen molar-refractivity contribution in [3.8, 4) is 0 Å². The molecule has 2 rings (SSSR count). The molecule has 1 aliphatic carbocycles. The third-order valence-corrected chi connectivity index (χ3v) is 5.71. The van der Waals surface area contributed by atoms with E-state index in [1.165, 1.54) is 24.1 Å². The van der Waals surface area contributed by atoms with E-state index in [1.54, 1.807) is 11.3 Å². The molecule has 1 aromatic heterocycles. The summed E-state index contributed by atoms with van der Waals surface area (Å²) in [7, 11) is 0. The van der Waals surface area contributed by atoms with Gasteiger partial charge in [-0.15, -0.1) is 35.3 Å². The summed E-state index contributed by atoms with van der Waals surface area (Å²) in [6.45, 7) is 6.29. The van der Waals surface area contributed by atoms with Crippen molar-refractivity contribution in [1.82, 2.24) is 20.9 Å². The molecule has 0 bridgehead atoms. The minimum absolute atomic E-state index is 0. The molecule has 1 aromatic rings. The molecule has 0 atom stereocenters. The molecule has 1 heterocycles. The maximum absolute atomic E-state index is 12.1. The Morgan fingerprint density at radius 2 is 2.04 bits per heavy atom. The summed E-state index contributed by atoms with van der Waals surface area (Å²) in [5.41, 5.74) is 0. The Balaban J connectivity index is 0.00000364. The van der Waals surface area contributed by atoms with Gasteiger partial charge in [-0.3, -0.25) is 9.79 Å². The van der Waals surface area contributed by atoms with Crippen LogP contribution in [0.5, 0.6) is 0 Å². The SMILES string of the molecule is CCNC(=NCCc1ncc(CC)s1)NCCC(=O)NC1CCCCC1.I. The monoisotopic (exact) mass is 507 g/mol. The largest absolute Gasteiger partial charge is 0.357 e. The van der Waals surface area contributed by atoms with E-state index in [2.05, 4.69) is 32.9 Å². The van der Waals surface area contributed by atoms with Crippen LogP contribution in [0.4, 0.5) is 0 Å². The van der Waals surface area contributed by atoms with E-state index in [-0.39, 0.29) is 29.9 Å². The number of hydrogen-bond acceptors (Lipinski definition) is 4. The maximum atomic E-state index is 12.1. The lowest BCUT2D eigenvalue weighted by atomic mass is 9.95. The van der Waals surface area contributed by atoms with Crippen LogP contribution in [0, 0.1) is 0 Å². The van der Waals surface area contributed by atoms with Crippen LogP contribution in [0.25, 0.3) is 0 Å². The number of carbonyl (C=O) groups excluding carboxylic acids is 1. The molecule has 0 radical (unpaired) electrons. The van der Waals surface area contributed by atoms with E-state index in [9.17, 15) is 4.79 Å². The Kier molecular flexibility index (Phi) is 12.6. The molecular formula is C19H34IN5OS. The molecule has 1 saturated carbocycles. The predicted octanol–water partition coefficient (Wildman–Crippen LogP) is 3.26. The molecule has 27 heavy (non-hydrogen) atoms. The molecule has 8 heteroatoms. The van der Waals surface area contributed by atoms with Gasteiger partial charge in [-0.1, -0.05) is 26.2 Å². The number of guanidine groups is 1. The molecule has 1 amide bonds. The molecule has 0 aliphatic heterocycles. The quantitative estimate of drug-likeness (QED) is 0.273. The Morgan fingerprint density at radius 3 is 2.70 bits per heavy atom. The molecule has 154 valence electrons. The first kappa shape index (κ1) is 24.1. The van der Waals surface area contributed by atoms with Crippen molar-refractivity contribution in [1.29, 1.82) is 0 Å². The second kappa shape index (κ2) is 14.1. The summed E-state index contributed by atoms with van der Waals surface area (Å²) in [5, 5.41) is 10.8. The van der Waals surface area contributed by atoms with Crippen molar-refractivity contribution in [2.75, 3.05) is 19.6 Å². The van der Waals surface area contributed by atoms with E-state index >= 15 is 0 Å². The number of aryl methyl sites for hydroxylation is 1. The van der Waals surface area contributed by atoms with Gasteiger partial charge in [0.1, 0.15) is 0 Å². The summed E-state index contributed by atoms with van der Waals surface area (Å²) >= 11 is 1.76. The van der Waals surface area contributed by atoms with Crippen LogP contribution in [0.3, 0.4) is 0 Å². The van der Waals surface area contributed by atoms with Gasteiger partial charge < -0.3 is 16.0 Å². The average molecular weight is 507 g/mol. The topological polar surface area (TPSA) is 78.4 Å². The van der Waals surface area contributed by atoms with Crippen molar-refractivity contribution in [3.63, 3.8) is 0 Å². The second-order valence-corrected chi connectivity index (χ2v) is 7.86. The predicted molar refractivity (Wildman–Crippen MR) is 124 cm³/mol. The fraction of sp³-hybridized carbons (Fsp3) is 0.737.